The molecule has 0 heterocycles. The molecule has 0 spiro atoms. The average molecular weight is 264 g/mol. The van der Waals surface area contributed by atoms with E-state index in [1.54, 1.807) is 0 Å². The van der Waals surface area contributed by atoms with Gasteiger partial charge in [-0.1, -0.05) is 12.2 Å². The molecule has 0 aliphatic heterocycles. The van der Waals surface area contributed by atoms with Crippen molar-refractivity contribution in [3.8, 4) is 0 Å². The summed E-state index contributed by atoms with van der Waals surface area (Å²) in [5.41, 5.74) is 1.46. The summed E-state index contributed by atoms with van der Waals surface area (Å²) in [6.07, 6.45) is 8.46. The Hall–Kier alpha value is -0.570. The highest BCUT2D eigenvalue weighted by Gasteiger charge is 2.51. The summed E-state index contributed by atoms with van der Waals surface area (Å²) >= 11 is 5.44. The van der Waals surface area contributed by atoms with Crippen molar-refractivity contribution in [2.75, 3.05) is 6.54 Å². The zero-order valence-corrected chi connectivity index (χ0v) is 12.1. The fraction of sp³-hybridized carbons (Fsp3) is 0.800. The van der Waals surface area contributed by atoms with Crippen molar-refractivity contribution in [2.45, 2.75) is 51.0 Å². The van der Waals surface area contributed by atoms with Crippen LogP contribution in [-0.4, -0.2) is 17.2 Å². The van der Waals surface area contributed by atoms with Crippen molar-refractivity contribution >= 4 is 17.3 Å². The molecule has 18 heavy (non-hydrogen) atoms. The highest BCUT2D eigenvalue weighted by atomic mass is 32.1. The van der Waals surface area contributed by atoms with Gasteiger partial charge in [0, 0.05) is 12.1 Å². The van der Waals surface area contributed by atoms with Gasteiger partial charge in [-0.15, -0.1) is 0 Å². The molecular weight excluding hydrogens is 240 g/mol. The molecular formula is C15H24N2S. The van der Waals surface area contributed by atoms with Gasteiger partial charge in [0.2, 0.25) is 0 Å². The zero-order valence-electron chi connectivity index (χ0n) is 11.3. The van der Waals surface area contributed by atoms with Crippen molar-refractivity contribution < 1.29 is 0 Å². The van der Waals surface area contributed by atoms with Gasteiger partial charge in [0.15, 0.2) is 5.11 Å². The molecule has 0 unspecified atom stereocenters. The second-order valence-corrected chi connectivity index (χ2v) is 7.37. The second kappa shape index (κ2) is 4.52. The van der Waals surface area contributed by atoms with Gasteiger partial charge in [-0.2, -0.15) is 0 Å². The van der Waals surface area contributed by atoms with E-state index in [1.807, 2.05) is 6.92 Å². The maximum atomic E-state index is 5.44. The van der Waals surface area contributed by atoms with Gasteiger partial charge < -0.3 is 10.6 Å². The second-order valence-electron chi connectivity index (χ2n) is 6.96. The lowest BCUT2D eigenvalue weighted by molar-refractivity contribution is -0.0101. The van der Waals surface area contributed by atoms with Crippen molar-refractivity contribution in [1.29, 1.82) is 0 Å². The Morgan fingerprint density at radius 1 is 1.17 bits per heavy atom. The molecule has 0 radical (unpaired) electrons. The smallest absolute Gasteiger partial charge is 0.166 e. The van der Waals surface area contributed by atoms with Crippen LogP contribution < -0.4 is 10.6 Å². The van der Waals surface area contributed by atoms with Crippen LogP contribution in [0.1, 0.15) is 45.4 Å². The maximum Gasteiger partial charge on any atom is 0.166 e. The molecule has 4 saturated carbocycles. The number of hydrogen-bond acceptors (Lipinski definition) is 1. The van der Waals surface area contributed by atoms with Gasteiger partial charge >= 0.3 is 0 Å². The molecule has 4 bridgehead atoms. The normalized spacial score (nSPS) is 40.6. The highest BCUT2D eigenvalue weighted by Crippen LogP contribution is 2.55. The van der Waals surface area contributed by atoms with Crippen LogP contribution in [0.3, 0.4) is 0 Å². The zero-order chi connectivity index (χ0) is 12.8. The van der Waals surface area contributed by atoms with Crippen molar-refractivity contribution in [3.63, 3.8) is 0 Å². The van der Waals surface area contributed by atoms with Crippen LogP contribution in [0.4, 0.5) is 0 Å². The quantitative estimate of drug-likeness (QED) is 0.605. The first-order valence-electron chi connectivity index (χ1n) is 7.25. The number of thiocarbonyl (C=S) groups is 1. The monoisotopic (exact) mass is 264 g/mol. The van der Waals surface area contributed by atoms with Crippen LogP contribution in [0, 0.1) is 17.8 Å². The lowest BCUT2D eigenvalue weighted by atomic mass is 9.53. The fourth-order valence-electron chi connectivity index (χ4n) is 4.78. The van der Waals surface area contributed by atoms with E-state index in [-0.39, 0.29) is 0 Å². The summed E-state index contributed by atoms with van der Waals surface area (Å²) in [6.45, 7) is 6.72. The third-order valence-corrected chi connectivity index (χ3v) is 5.21. The molecule has 4 rings (SSSR count). The molecule has 2 nitrogen and oxygen atoms in total. The van der Waals surface area contributed by atoms with E-state index in [0.29, 0.717) is 5.54 Å². The first-order chi connectivity index (χ1) is 8.55. The predicted molar refractivity (Wildman–Crippen MR) is 79.5 cm³/mol. The van der Waals surface area contributed by atoms with E-state index < -0.39 is 0 Å². The SMILES string of the molecule is C=C(C)CNC(=S)NC12CC3CC(CC(C3)C1)C2. The van der Waals surface area contributed by atoms with Crippen molar-refractivity contribution in [1.82, 2.24) is 10.6 Å². The minimum absolute atomic E-state index is 0.327. The third kappa shape index (κ3) is 2.42. The van der Waals surface area contributed by atoms with E-state index in [1.165, 1.54) is 38.5 Å². The topological polar surface area (TPSA) is 24.1 Å². The van der Waals surface area contributed by atoms with Crippen LogP contribution in [0.2, 0.25) is 0 Å². The summed E-state index contributed by atoms with van der Waals surface area (Å²) in [5, 5.41) is 7.77. The molecule has 0 aromatic heterocycles. The first kappa shape index (κ1) is 12.5. The molecule has 0 aromatic carbocycles. The summed E-state index contributed by atoms with van der Waals surface area (Å²) in [7, 11) is 0. The Morgan fingerprint density at radius 3 is 2.11 bits per heavy atom. The molecule has 4 aliphatic rings. The van der Waals surface area contributed by atoms with Crippen molar-refractivity contribution in [3.05, 3.63) is 12.2 Å². The highest BCUT2D eigenvalue weighted by molar-refractivity contribution is 7.80. The molecule has 4 fully saturated rings. The van der Waals surface area contributed by atoms with E-state index in [2.05, 4.69) is 17.2 Å². The van der Waals surface area contributed by atoms with Crippen LogP contribution >= 0.6 is 12.2 Å². The summed E-state index contributed by atoms with van der Waals surface area (Å²) in [5.74, 6) is 2.90. The Kier molecular flexibility index (Phi) is 3.13. The predicted octanol–water partition coefficient (Wildman–Crippen LogP) is 3.00. The number of hydrogen-bond donors (Lipinski definition) is 2. The number of nitrogens with one attached hydrogen (secondary N) is 2. The molecule has 0 amide bonds. The molecule has 0 saturated heterocycles. The van der Waals surface area contributed by atoms with Gasteiger partial charge in [0.1, 0.15) is 0 Å². The summed E-state index contributed by atoms with van der Waals surface area (Å²) in [4.78, 5) is 0. The van der Waals surface area contributed by atoms with Crippen LogP contribution in [0.25, 0.3) is 0 Å². The maximum absolute atomic E-state index is 5.44. The molecule has 4 aliphatic carbocycles. The van der Waals surface area contributed by atoms with Gasteiger partial charge in [-0.3, -0.25) is 0 Å². The lowest BCUT2D eigenvalue weighted by Gasteiger charge is -2.57. The minimum Gasteiger partial charge on any atom is -0.359 e. The van der Waals surface area contributed by atoms with E-state index in [4.69, 9.17) is 12.2 Å². The van der Waals surface area contributed by atoms with E-state index >= 15 is 0 Å². The van der Waals surface area contributed by atoms with Gasteiger partial charge in [-0.05, 0) is 75.4 Å². The standard InChI is InChI=1S/C15H24N2S/c1-10(2)9-16-14(18)17-15-6-11-3-12(7-15)5-13(4-11)8-15/h11-13H,1,3-9H2,2H3,(H2,16,17,18). The van der Waals surface area contributed by atoms with Crippen LogP contribution in [-0.2, 0) is 0 Å². The van der Waals surface area contributed by atoms with Gasteiger partial charge in [0.05, 0.1) is 0 Å². The first-order valence-corrected chi connectivity index (χ1v) is 7.66. The van der Waals surface area contributed by atoms with Crippen molar-refractivity contribution in [2.24, 2.45) is 17.8 Å². The Bertz CT molecular complexity index is 339. The lowest BCUT2D eigenvalue weighted by Crippen LogP contribution is -2.61. The van der Waals surface area contributed by atoms with Gasteiger partial charge in [0.25, 0.3) is 0 Å². The number of rotatable bonds is 3. The van der Waals surface area contributed by atoms with Gasteiger partial charge in [-0.25, -0.2) is 0 Å². The Morgan fingerprint density at radius 2 is 1.67 bits per heavy atom. The minimum atomic E-state index is 0.327. The van der Waals surface area contributed by atoms with Crippen LogP contribution in [0.5, 0.6) is 0 Å². The molecule has 3 heteroatoms. The Balaban J connectivity index is 1.61. The molecule has 100 valence electrons. The fourth-order valence-corrected chi connectivity index (χ4v) is 5.07. The van der Waals surface area contributed by atoms with E-state index in [0.717, 1.165) is 35.0 Å². The molecule has 0 atom stereocenters. The van der Waals surface area contributed by atoms with Crippen LogP contribution in [0.15, 0.2) is 12.2 Å². The average Bonchev–Trinajstić information content (AvgIpc) is 2.23. The largest absolute Gasteiger partial charge is 0.359 e. The van der Waals surface area contributed by atoms with E-state index in [9.17, 15) is 0 Å². The summed E-state index contributed by atoms with van der Waals surface area (Å²) in [6, 6.07) is 0. The Labute approximate surface area is 116 Å². The molecule has 0 aromatic rings. The summed E-state index contributed by atoms with van der Waals surface area (Å²) < 4.78 is 0. The molecule has 2 N–H and O–H groups in total. The third-order valence-electron chi connectivity index (χ3n) is 4.97.